The SMILES string of the molecule is COc1nc(-c2cc(C)ccc2OC)c(CO)s1. The molecule has 0 saturated heterocycles. The fourth-order valence-corrected chi connectivity index (χ4v) is 2.49. The monoisotopic (exact) mass is 265 g/mol. The molecule has 0 fully saturated rings. The predicted molar refractivity (Wildman–Crippen MR) is 71.3 cm³/mol. The highest BCUT2D eigenvalue weighted by Gasteiger charge is 2.16. The van der Waals surface area contributed by atoms with Crippen LogP contribution in [0.15, 0.2) is 18.2 Å². The van der Waals surface area contributed by atoms with Gasteiger partial charge in [0.1, 0.15) is 5.75 Å². The van der Waals surface area contributed by atoms with E-state index < -0.39 is 0 Å². The zero-order valence-corrected chi connectivity index (χ0v) is 11.4. The van der Waals surface area contributed by atoms with Gasteiger partial charge in [0.05, 0.1) is 31.4 Å². The van der Waals surface area contributed by atoms with Gasteiger partial charge in [-0.15, -0.1) is 0 Å². The lowest BCUT2D eigenvalue weighted by Crippen LogP contribution is -1.92. The quantitative estimate of drug-likeness (QED) is 0.923. The fourth-order valence-electron chi connectivity index (χ4n) is 1.74. The number of aryl methyl sites for hydroxylation is 1. The predicted octanol–water partition coefficient (Wildman–Crippen LogP) is 2.63. The van der Waals surface area contributed by atoms with E-state index in [0.717, 1.165) is 27.4 Å². The van der Waals surface area contributed by atoms with Gasteiger partial charge in [-0.25, -0.2) is 4.98 Å². The van der Waals surface area contributed by atoms with Crippen LogP contribution < -0.4 is 9.47 Å². The molecule has 1 aromatic heterocycles. The highest BCUT2D eigenvalue weighted by atomic mass is 32.1. The van der Waals surface area contributed by atoms with Gasteiger partial charge in [0.15, 0.2) is 0 Å². The molecule has 2 rings (SSSR count). The summed E-state index contributed by atoms with van der Waals surface area (Å²) in [5.41, 5.74) is 2.71. The van der Waals surface area contributed by atoms with E-state index in [1.165, 1.54) is 11.3 Å². The van der Waals surface area contributed by atoms with Crippen LogP contribution in [0.3, 0.4) is 0 Å². The van der Waals surface area contributed by atoms with Crippen LogP contribution in [0.4, 0.5) is 0 Å². The number of thiazole rings is 1. The molecule has 0 unspecified atom stereocenters. The van der Waals surface area contributed by atoms with Gasteiger partial charge in [0.25, 0.3) is 5.19 Å². The maximum Gasteiger partial charge on any atom is 0.273 e. The maximum absolute atomic E-state index is 9.40. The molecule has 0 aliphatic rings. The Morgan fingerprint density at radius 1 is 1.28 bits per heavy atom. The van der Waals surface area contributed by atoms with Gasteiger partial charge >= 0.3 is 0 Å². The molecule has 5 heteroatoms. The van der Waals surface area contributed by atoms with Gasteiger partial charge in [-0.1, -0.05) is 23.0 Å². The van der Waals surface area contributed by atoms with Crippen LogP contribution in [0.1, 0.15) is 10.4 Å². The average Bonchev–Trinajstić information content (AvgIpc) is 2.81. The van der Waals surface area contributed by atoms with E-state index in [2.05, 4.69) is 4.98 Å². The van der Waals surface area contributed by atoms with Gasteiger partial charge in [-0.3, -0.25) is 0 Å². The Hall–Kier alpha value is -1.59. The molecular weight excluding hydrogens is 250 g/mol. The lowest BCUT2D eigenvalue weighted by atomic mass is 10.1. The number of aromatic nitrogens is 1. The first-order valence-corrected chi connectivity index (χ1v) is 6.30. The molecule has 1 aromatic carbocycles. The van der Waals surface area contributed by atoms with E-state index in [4.69, 9.17) is 9.47 Å². The number of rotatable bonds is 4. The smallest absolute Gasteiger partial charge is 0.273 e. The highest BCUT2D eigenvalue weighted by molar-refractivity contribution is 7.13. The molecule has 0 spiro atoms. The summed E-state index contributed by atoms with van der Waals surface area (Å²) >= 11 is 1.34. The molecule has 0 aliphatic carbocycles. The summed E-state index contributed by atoms with van der Waals surface area (Å²) in [5, 5.41) is 9.93. The van der Waals surface area contributed by atoms with E-state index in [1.54, 1.807) is 14.2 Å². The molecule has 18 heavy (non-hydrogen) atoms. The van der Waals surface area contributed by atoms with Crippen molar-refractivity contribution in [1.82, 2.24) is 4.98 Å². The Morgan fingerprint density at radius 3 is 2.67 bits per heavy atom. The zero-order valence-electron chi connectivity index (χ0n) is 10.6. The minimum absolute atomic E-state index is 0.0620. The highest BCUT2D eigenvalue weighted by Crippen LogP contribution is 2.37. The number of benzene rings is 1. The molecule has 0 radical (unpaired) electrons. The van der Waals surface area contributed by atoms with Crippen LogP contribution in [-0.2, 0) is 6.61 Å². The molecule has 0 saturated carbocycles. The number of methoxy groups -OCH3 is 2. The van der Waals surface area contributed by atoms with Crippen molar-refractivity contribution in [2.45, 2.75) is 13.5 Å². The normalized spacial score (nSPS) is 10.4. The van der Waals surface area contributed by atoms with Crippen molar-refractivity contribution < 1.29 is 14.6 Å². The molecule has 1 N–H and O–H groups in total. The zero-order chi connectivity index (χ0) is 13.1. The van der Waals surface area contributed by atoms with Crippen molar-refractivity contribution in [3.8, 4) is 22.2 Å². The lowest BCUT2D eigenvalue weighted by molar-refractivity contribution is 0.286. The Bertz CT molecular complexity index is 551. The van der Waals surface area contributed by atoms with E-state index in [1.807, 2.05) is 25.1 Å². The van der Waals surface area contributed by atoms with Crippen LogP contribution in [0.25, 0.3) is 11.3 Å². The van der Waals surface area contributed by atoms with Crippen LogP contribution in [0, 0.1) is 6.92 Å². The van der Waals surface area contributed by atoms with Crippen LogP contribution in [0.5, 0.6) is 10.9 Å². The second kappa shape index (κ2) is 5.37. The van der Waals surface area contributed by atoms with Gasteiger partial charge in [0.2, 0.25) is 0 Å². The maximum atomic E-state index is 9.40. The van der Waals surface area contributed by atoms with Gasteiger partial charge < -0.3 is 14.6 Å². The van der Waals surface area contributed by atoms with Crippen molar-refractivity contribution in [2.24, 2.45) is 0 Å². The first-order valence-electron chi connectivity index (χ1n) is 5.49. The number of aliphatic hydroxyl groups is 1. The van der Waals surface area contributed by atoms with Crippen molar-refractivity contribution >= 4 is 11.3 Å². The number of aliphatic hydroxyl groups excluding tert-OH is 1. The van der Waals surface area contributed by atoms with Crippen molar-refractivity contribution in [3.63, 3.8) is 0 Å². The molecule has 1 heterocycles. The molecule has 4 nitrogen and oxygen atoms in total. The van der Waals surface area contributed by atoms with Gasteiger partial charge in [-0.2, -0.15) is 0 Å². The van der Waals surface area contributed by atoms with Gasteiger partial charge in [-0.05, 0) is 19.1 Å². The summed E-state index contributed by atoms with van der Waals surface area (Å²) in [4.78, 5) is 5.15. The van der Waals surface area contributed by atoms with E-state index in [9.17, 15) is 5.11 Å². The van der Waals surface area contributed by atoms with Crippen LogP contribution >= 0.6 is 11.3 Å². The van der Waals surface area contributed by atoms with Crippen molar-refractivity contribution in [2.75, 3.05) is 14.2 Å². The Kier molecular flexibility index (Phi) is 3.84. The second-order valence-electron chi connectivity index (χ2n) is 3.82. The summed E-state index contributed by atoms with van der Waals surface area (Å²) in [6, 6.07) is 5.87. The average molecular weight is 265 g/mol. The van der Waals surface area contributed by atoms with Crippen LogP contribution in [0.2, 0.25) is 0 Å². The molecule has 0 amide bonds. The topological polar surface area (TPSA) is 51.6 Å². The molecule has 96 valence electrons. The lowest BCUT2D eigenvalue weighted by Gasteiger charge is -2.08. The molecule has 0 atom stereocenters. The molecular formula is C13H15NO3S. The van der Waals surface area contributed by atoms with Crippen molar-refractivity contribution in [3.05, 3.63) is 28.6 Å². The third kappa shape index (κ3) is 2.32. The van der Waals surface area contributed by atoms with E-state index in [-0.39, 0.29) is 6.61 Å². The number of nitrogens with zero attached hydrogens (tertiary/aromatic N) is 1. The first kappa shape index (κ1) is 12.9. The summed E-state index contributed by atoms with van der Waals surface area (Å²) in [6.45, 7) is 1.94. The minimum Gasteiger partial charge on any atom is -0.496 e. The number of ether oxygens (including phenoxy) is 2. The summed E-state index contributed by atoms with van der Waals surface area (Å²) < 4.78 is 10.5. The Labute approximate surface area is 110 Å². The van der Waals surface area contributed by atoms with E-state index in [0.29, 0.717) is 5.19 Å². The Morgan fingerprint density at radius 2 is 2.06 bits per heavy atom. The third-order valence-corrected chi connectivity index (χ3v) is 3.61. The standard InChI is InChI=1S/C13H15NO3S/c1-8-4-5-10(16-2)9(6-8)12-11(7-15)18-13(14-12)17-3/h4-6,15H,7H2,1-3H3. The largest absolute Gasteiger partial charge is 0.496 e. The number of hydrogen-bond acceptors (Lipinski definition) is 5. The molecule has 2 aromatic rings. The second-order valence-corrected chi connectivity index (χ2v) is 4.86. The van der Waals surface area contributed by atoms with E-state index >= 15 is 0 Å². The fraction of sp³-hybridized carbons (Fsp3) is 0.308. The first-order chi connectivity index (χ1) is 8.69. The summed E-state index contributed by atoms with van der Waals surface area (Å²) in [5.74, 6) is 0.739. The summed E-state index contributed by atoms with van der Waals surface area (Å²) in [7, 11) is 3.19. The number of hydrogen-bond donors (Lipinski definition) is 1. The molecule has 0 aliphatic heterocycles. The Balaban J connectivity index is 2.59. The summed E-state index contributed by atoms with van der Waals surface area (Å²) in [6.07, 6.45) is 0. The van der Waals surface area contributed by atoms with Gasteiger partial charge in [0, 0.05) is 5.56 Å². The molecule has 0 bridgehead atoms. The van der Waals surface area contributed by atoms with Crippen molar-refractivity contribution in [1.29, 1.82) is 0 Å². The van der Waals surface area contributed by atoms with Crippen LogP contribution in [-0.4, -0.2) is 24.3 Å². The minimum atomic E-state index is -0.0620. The third-order valence-electron chi connectivity index (χ3n) is 2.61.